The summed E-state index contributed by atoms with van der Waals surface area (Å²) in [5.74, 6) is -0.725. The zero-order valence-electron chi connectivity index (χ0n) is 14.3. The molecule has 0 spiro atoms. The highest BCUT2D eigenvalue weighted by molar-refractivity contribution is 6.08. The van der Waals surface area contributed by atoms with Crippen molar-refractivity contribution in [2.75, 3.05) is 23.3 Å². The van der Waals surface area contributed by atoms with Crippen LogP contribution in [0.2, 0.25) is 0 Å². The molecule has 0 radical (unpaired) electrons. The molecule has 2 aromatic carbocycles. The Kier molecular flexibility index (Phi) is 4.08. The van der Waals surface area contributed by atoms with Crippen molar-refractivity contribution in [1.82, 2.24) is 4.98 Å². The number of primary amides is 1. The van der Waals surface area contributed by atoms with Crippen LogP contribution in [-0.4, -0.2) is 29.9 Å². The van der Waals surface area contributed by atoms with Gasteiger partial charge in [0.2, 0.25) is 5.91 Å². The van der Waals surface area contributed by atoms with E-state index in [1.807, 2.05) is 30.5 Å². The van der Waals surface area contributed by atoms with Crippen LogP contribution in [-0.2, 0) is 0 Å². The number of aromatic nitrogens is 1. The average molecular weight is 348 g/mol. The quantitative estimate of drug-likeness (QED) is 0.676. The summed E-state index contributed by atoms with van der Waals surface area (Å²) in [5.41, 5.74) is 8.87. The van der Waals surface area contributed by atoms with E-state index in [9.17, 15) is 9.59 Å². The minimum atomic E-state index is -0.512. The predicted octanol–water partition coefficient (Wildman–Crippen LogP) is 3.12. The maximum absolute atomic E-state index is 12.8. The predicted molar refractivity (Wildman–Crippen MR) is 103 cm³/mol. The fourth-order valence-electron chi connectivity index (χ4n) is 3.41. The third-order valence-corrected chi connectivity index (χ3v) is 4.79. The number of carbonyl (C=O) groups is 2. The van der Waals surface area contributed by atoms with Crippen molar-refractivity contribution < 1.29 is 9.59 Å². The number of anilines is 2. The molecule has 2 amide bonds. The number of H-pyrrole nitrogens is 1. The third kappa shape index (κ3) is 3.01. The molecule has 1 aliphatic heterocycles. The van der Waals surface area contributed by atoms with E-state index in [1.165, 1.54) is 0 Å². The monoisotopic (exact) mass is 348 g/mol. The van der Waals surface area contributed by atoms with Crippen LogP contribution < -0.4 is 16.0 Å². The van der Waals surface area contributed by atoms with Gasteiger partial charge in [-0.1, -0.05) is 0 Å². The highest BCUT2D eigenvalue weighted by Gasteiger charge is 2.19. The number of nitrogens with one attached hydrogen (secondary N) is 2. The van der Waals surface area contributed by atoms with Gasteiger partial charge in [-0.15, -0.1) is 0 Å². The Labute approximate surface area is 151 Å². The van der Waals surface area contributed by atoms with E-state index in [0.29, 0.717) is 16.8 Å². The SMILES string of the molecule is NC(=O)c1ccc(N2CCCC2)c(NC(=O)c2ccc3[nH]ccc3c2)c1. The molecule has 4 N–H and O–H groups in total. The Morgan fingerprint density at radius 3 is 2.54 bits per heavy atom. The summed E-state index contributed by atoms with van der Waals surface area (Å²) in [6.07, 6.45) is 4.08. The molecular weight excluding hydrogens is 328 g/mol. The molecule has 1 fully saturated rings. The molecule has 0 unspecified atom stereocenters. The van der Waals surface area contributed by atoms with Crippen LogP contribution in [0.3, 0.4) is 0 Å². The highest BCUT2D eigenvalue weighted by Crippen LogP contribution is 2.30. The van der Waals surface area contributed by atoms with E-state index < -0.39 is 5.91 Å². The maximum Gasteiger partial charge on any atom is 0.255 e. The lowest BCUT2D eigenvalue weighted by Crippen LogP contribution is -2.22. The first-order valence-electron chi connectivity index (χ1n) is 8.69. The molecule has 6 heteroatoms. The van der Waals surface area contributed by atoms with Gasteiger partial charge in [0.25, 0.3) is 5.91 Å². The molecule has 26 heavy (non-hydrogen) atoms. The maximum atomic E-state index is 12.8. The first kappa shape index (κ1) is 16.2. The highest BCUT2D eigenvalue weighted by atomic mass is 16.2. The molecule has 1 aromatic heterocycles. The molecule has 0 aliphatic carbocycles. The van der Waals surface area contributed by atoms with Gasteiger partial charge in [-0.05, 0) is 55.3 Å². The van der Waals surface area contributed by atoms with Crippen LogP contribution in [0.1, 0.15) is 33.6 Å². The van der Waals surface area contributed by atoms with E-state index in [1.54, 1.807) is 18.2 Å². The second-order valence-corrected chi connectivity index (χ2v) is 6.52. The van der Waals surface area contributed by atoms with Crippen molar-refractivity contribution in [2.24, 2.45) is 5.73 Å². The van der Waals surface area contributed by atoms with Gasteiger partial charge in [0, 0.05) is 41.3 Å². The van der Waals surface area contributed by atoms with Gasteiger partial charge < -0.3 is 20.9 Å². The van der Waals surface area contributed by atoms with E-state index in [0.717, 1.165) is 42.5 Å². The van der Waals surface area contributed by atoms with Crippen LogP contribution in [0.15, 0.2) is 48.7 Å². The number of hydrogen-bond donors (Lipinski definition) is 3. The smallest absolute Gasteiger partial charge is 0.255 e. The summed E-state index contributed by atoms with van der Waals surface area (Å²) in [6, 6.07) is 12.6. The molecule has 3 aromatic rings. The van der Waals surface area contributed by atoms with Crippen molar-refractivity contribution in [3.8, 4) is 0 Å². The van der Waals surface area contributed by atoms with Gasteiger partial charge in [-0.3, -0.25) is 9.59 Å². The van der Waals surface area contributed by atoms with E-state index in [4.69, 9.17) is 5.73 Å². The first-order valence-corrected chi connectivity index (χ1v) is 8.69. The van der Waals surface area contributed by atoms with Gasteiger partial charge in [-0.25, -0.2) is 0 Å². The molecular formula is C20H20N4O2. The molecule has 0 saturated carbocycles. The third-order valence-electron chi connectivity index (χ3n) is 4.79. The first-order chi connectivity index (χ1) is 12.6. The minimum Gasteiger partial charge on any atom is -0.370 e. The molecule has 2 heterocycles. The zero-order valence-corrected chi connectivity index (χ0v) is 14.3. The number of nitrogens with zero attached hydrogens (tertiary/aromatic N) is 1. The number of carbonyl (C=O) groups excluding carboxylic acids is 2. The van der Waals surface area contributed by atoms with Crippen molar-refractivity contribution in [2.45, 2.75) is 12.8 Å². The van der Waals surface area contributed by atoms with Crippen molar-refractivity contribution in [1.29, 1.82) is 0 Å². The lowest BCUT2D eigenvalue weighted by molar-refractivity contribution is 0.0996. The summed E-state index contributed by atoms with van der Waals surface area (Å²) in [6.45, 7) is 1.88. The Hall–Kier alpha value is -3.28. The van der Waals surface area contributed by atoms with E-state index in [2.05, 4.69) is 15.2 Å². The Morgan fingerprint density at radius 2 is 1.77 bits per heavy atom. The number of nitrogens with two attached hydrogens (primary N) is 1. The Morgan fingerprint density at radius 1 is 1.00 bits per heavy atom. The topological polar surface area (TPSA) is 91.2 Å². The second kappa shape index (κ2) is 6.55. The molecule has 0 atom stereocenters. The lowest BCUT2D eigenvalue weighted by Gasteiger charge is -2.22. The fraction of sp³-hybridized carbons (Fsp3) is 0.200. The number of aromatic amines is 1. The Bertz CT molecular complexity index is 986. The van der Waals surface area contributed by atoms with E-state index >= 15 is 0 Å². The molecule has 1 saturated heterocycles. The van der Waals surface area contributed by atoms with Gasteiger partial charge in [0.05, 0.1) is 11.4 Å². The van der Waals surface area contributed by atoms with Gasteiger partial charge in [0.1, 0.15) is 0 Å². The van der Waals surface area contributed by atoms with Crippen molar-refractivity contribution >= 4 is 34.1 Å². The van der Waals surface area contributed by atoms with Crippen LogP contribution >= 0.6 is 0 Å². The van der Waals surface area contributed by atoms with Gasteiger partial charge in [0.15, 0.2) is 0 Å². The minimum absolute atomic E-state index is 0.213. The molecule has 6 nitrogen and oxygen atoms in total. The zero-order chi connectivity index (χ0) is 18.1. The molecule has 1 aliphatic rings. The summed E-state index contributed by atoms with van der Waals surface area (Å²) in [4.78, 5) is 29.7. The fourth-order valence-corrected chi connectivity index (χ4v) is 3.41. The number of rotatable bonds is 4. The normalized spacial score (nSPS) is 13.9. The number of benzene rings is 2. The average Bonchev–Trinajstić information content (AvgIpc) is 3.32. The van der Waals surface area contributed by atoms with Crippen LogP contribution in [0.25, 0.3) is 10.9 Å². The molecule has 0 bridgehead atoms. The summed E-state index contributed by atoms with van der Waals surface area (Å²) in [7, 11) is 0. The van der Waals surface area contributed by atoms with Gasteiger partial charge >= 0.3 is 0 Å². The summed E-state index contributed by atoms with van der Waals surface area (Å²) >= 11 is 0. The Balaban J connectivity index is 1.67. The van der Waals surface area contributed by atoms with Gasteiger partial charge in [-0.2, -0.15) is 0 Å². The largest absolute Gasteiger partial charge is 0.370 e. The molecule has 4 rings (SSSR count). The summed E-state index contributed by atoms with van der Waals surface area (Å²) < 4.78 is 0. The number of fused-ring (bicyclic) bond motifs is 1. The lowest BCUT2D eigenvalue weighted by atomic mass is 10.1. The van der Waals surface area contributed by atoms with Crippen LogP contribution in [0, 0.1) is 0 Å². The van der Waals surface area contributed by atoms with Crippen LogP contribution in [0.4, 0.5) is 11.4 Å². The summed E-state index contributed by atoms with van der Waals surface area (Å²) in [5, 5.41) is 3.93. The standard InChI is InChI=1S/C20H20N4O2/c21-19(25)14-4-6-18(24-9-1-2-10-24)17(12-14)23-20(26)15-3-5-16-13(11-15)7-8-22-16/h3-8,11-12,22H,1-2,9-10H2,(H2,21,25)(H,23,26). The second-order valence-electron chi connectivity index (χ2n) is 6.52. The number of amides is 2. The van der Waals surface area contributed by atoms with Crippen LogP contribution in [0.5, 0.6) is 0 Å². The van der Waals surface area contributed by atoms with Crippen molar-refractivity contribution in [3.05, 3.63) is 59.8 Å². The van der Waals surface area contributed by atoms with E-state index in [-0.39, 0.29) is 5.91 Å². The molecule has 132 valence electrons. The number of hydrogen-bond acceptors (Lipinski definition) is 3. The van der Waals surface area contributed by atoms with Crippen molar-refractivity contribution in [3.63, 3.8) is 0 Å².